The van der Waals surface area contributed by atoms with Gasteiger partial charge in [-0.15, -0.1) is 0 Å². The lowest BCUT2D eigenvalue weighted by Gasteiger charge is -2.16. The number of ether oxygens (including phenoxy) is 1. The van der Waals surface area contributed by atoms with E-state index in [2.05, 4.69) is 27.1 Å². The summed E-state index contributed by atoms with van der Waals surface area (Å²) < 4.78 is 7.50. The summed E-state index contributed by atoms with van der Waals surface area (Å²) in [6.45, 7) is 0. The number of fused-ring (bicyclic) bond motifs is 1. The Morgan fingerprint density at radius 2 is 1.92 bits per heavy atom. The van der Waals surface area contributed by atoms with E-state index in [1.165, 1.54) is 18.2 Å². The van der Waals surface area contributed by atoms with E-state index in [9.17, 15) is 10.2 Å². The average molecular weight is 373 g/mol. The topological polar surface area (TPSA) is 119 Å². The molecule has 4 atom stereocenters. The van der Waals surface area contributed by atoms with Gasteiger partial charge in [0.2, 0.25) is 0 Å². The number of anilines is 1. The summed E-state index contributed by atoms with van der Waals surface area (Å²) >= 11 is 1.65. The number of hydrogen-bond acceptors (Lipinski definition) is 8. The van der Waals surface area contributed by atoms with Gasteiger partial charge in [-0.25, -0.2) is 15.0 Å². The molecule has 3 heterocycles. The van der Waals surface area contributed by atoms with Gasteiger partial charge in [0, 0.05) is 11.5 Å². The summed E-state index contributed by atoms with van der Waals surface area (Å²) in [6, 6.07) is 10.1. The zero-order valence-corrected chi connectivity index (χ0v) is 14.7. The highest BCUT2D eigenvalue weighted by Crippen LogP contribution is 2.33. The molecular weight excluding hydrogens is 354 g/mol. The number of thioether (sulfide) groups is 1. The molecule has 1 aromatic carbocycles. The minimum absolute atomic E-state index is 0.261. The number of aliphatic hydroxyl groups is 2. The lowest BCUT2D eigenvalue weighted by atomic mass is 10.1. The first-order chi connectivity index (χ1) is 12.6. The number of nitrogens with two attached hydrogens (primary N) is 1. The first-order valence-electron chi connectivity index (χ1n) is 8.21. The Balaban J connectivity index is 1.46. The van der Waals surface area contributed by atoms with Gasteiger partial charge < -0.3 is 20.7 Å². The van der Waals surface area contributed by atoms with Crippen molar-refractivity contribution in [2.75, 3.05) is 11.5 Å². The lowest BCUT2D eigenvalue weighted by molar-refractivity contribution is -0.0289. The van der Waals surface area contributed by atoms with E-state index < -0.39 is 24.5 Å². The van der Waals surface area contributed by atoms with E-state index in [-0.39, 0.29) is 5.82 Å². The van der Waals surface area contributed by atoms with Crippen LogP contribution in [0.4, 0.5) is 5.82 Å². The molecule has 0 radical (unpaired) electrons. The molecule has 2 aromatic heterocycles. The van der Waals surface area contributed by atoms with E-state index in [1.54, 1.807) is 16.3 Å². The predicted octanol–water partition coefficient (Wildman–Crippen LogP) is 0.961. The minimum atomic E-state index is -1.08. The van der Waals surface area contributed by atoms with E-state index in [0.717, 1.165) is 5.75 Å². The highest BCUT2D eigenvalue weighted by molar-refractivity contribution is 7.98. The van der Waals surface area contributed by atoms with Gasteiger partial charge >= 0.3 is 0 Å². The van der Waals surface area contributed by atoms with Crippen molar-refractivity contribution in [2.24, 2.45) is 0 Å². The fraction of sp³-hybridized carbons (Fsp3) is 0.353. The number of imidazole rings is 1. The molecule has 0 unspecified atom stereocenters. The van der Waals surface area contributed by atoms with E-state index in [0.29, 0.717) is 16.9 Å². The summed E-state index contributed by atoms with van der Waals surface area (Å²) in [5.41, 5.74) is 7.91. The van der Waals surface area contributed by atoms with Gasteiger partial charge in [0.15, 0.2) is 17.7 Å². The number of aromatic nitrogens is 4. The second kappa shape index (κ2) is 7.20. The van der Waals surface area contributed by atoms with Crippen LogP contribution >= 0.6 is 11.8 Å². The van der Waals surface area contributed by atoms with Crippen LogP contribution in [0.25, 0.3) is 11.2 Å². The third-order valence-electron chi connectivity index (χ3n) is 4.39. The molecule has 0 bridgehead atoms. The van der Waals surface area contributed by atoms with Crippen molar-refractivity contribution < 1.29 is 14.9 Å². The molecule has 0 aliphatic carbocycles. The second-order valence-corrected chi connectivity index (χ2v) is 7.16. The Hall–Kier alpha value is -2.20. The summed E-state index contributed by atoms with van der Waals surface area (Å²) in [5.74, 6) is 1.64. The number of hydrogen-bond donors (Lipinski definition) is 3. The second-order valence-electron chi connectivity index (χ2n) is 6.13. The van der Waals surface area contributed by atoms with Crippen LogP contribution in [0.15, 0.2) is 43.0 Å². The van der Waals surface area contributed by atoms with Crippen molar-refractivity contribution in [3.63, 3.8) is 0 Å². The quantitative estimate of drug-likeness (QED) is 0.605. The van der Waals surface area contributed by atoms with E-state index in [4.69, 9.17) is 10.5 Å². The van der Waals surface area contributed by atoms with Crippen LogP contribution in [-0.2, 0) is 10.5 Å². The Labute approximate surface area is 154 Å². The van der Waals surface area contributed by atoms with E-state index >= 15 is 0 Å². The smallest absolute Gasteiger partial charge is 0.167 e. The zero-order chi connectivity index (χ0) is 18.1. The molecule has 4 N–H and O–H groups in total. The van der Waals surface area contributed by atoms with Crippen LogP contribution in [0.2, 0.25) is 0 Å². The Bertz CT molecular complexity index is 890. The van der Waals surface area contributed by atoms with Crippen LogP contribution in [-0.4, -0.2) is 53.8 Å². The molecule has 0 spiro atoms. The summed E-state index contributed by atoms with van der Waals surface area (Å²) in [6.07, 6.45) is -0.492. The van der Waals surface area contributed by atoms with Crippen molar-refractivity contribution in [3.05, 3.63) is 48.5 Å². The van der Waals surface area contributed by atoms with Crippen LogP contribution in [0.5, 0.6) is 0 Å². The Morgan fingerprint density at radius 3 is 2.73 bits per heavy atom. The van der Waals surface area contributed by atoms with Crippen LogP contribution in [0.1, 0.15) is 11.8 Å². The maximum absolute atomic E-state index is 10.4. The molecule has 0 saturated carbocycles. The van der Waals surface area contributed by atoms with Crippen molar-refractivity contribution in [1.82, 2.24) is 19.5 Å². The number of benzene rings is 1. The third-order valence-corrected chi connectivity index (χ3v) is 5.49. The fourth-order valence-corrected chi connectivity index (χ4v) is 4.07. The standard InChI is InChI=1S/C17H19N5O3S/c18-15-12-16(20-8-19-15)22(9-21-12)17-14(24)13(23)11(25-17)7-26-6-10-4-2-1-3-5-10/h1-5,8-9,11,13-14,17,23-24H,6-7H2,(H2,18,19,20)/t11-,13-,14-,17-/m1/s1. The van der Waals surface area contributed by atoms with Gasteiger partial charge in [0.25, 0.3) is 0 Å². The molecule has 9 heteroatoms. The molecule has 1 aliphatic heterocycles. The SMILES string of the molecule is Nc1ncnc2c1ncn2[C@@H]1O[C@H](CSCc2ccccc2)[C@@H](O)[C@H]1O. The first-order valence-corrected chi connectivity index (χ1v) is 9.37. The fourth-order valence-electron chi connectivity index (χ4n) is 3.02. The normalized spacial score (nSPS) is 25.8. The summed E-state index contributed by atoms with van der Waals surface area (Å²) in [7, 11) is 0. The predicted molar refractivity (Wildman–Crippen MR) is 98.3 cm³/mol. The summed E-state index contributed by atoms with van der Waals surface area (Å²) in [5, 5.41) is 20.8. The number of rotatable bonds is 5. The molecule has 1 aliphatic rings. The maximum Gasteiger partial charge on any atom is 0.167 e. The molecule has 136 valence electrons. The van der Waals surface area contributed by atoms with Crippen molar-refractivity contribution >= 4 is 28.7 Å². The highest BCUT2D eigenvalue weighted by Gasteiger charge is 2.44. The Morgan fingerprint density at radius 1 is 1.12 bits per heavy atom. The summed E-state index contributed by atoms with van der Waals surface area (Å²) in [4.78, 5) is 12.2. The zero-order valence-electron chi connectivity index (χ0n) is 13.8. The minimum Gasteiger partial charge on any atom is -0.387 e. The van der Waals surface area contributed by atoms with Crippen LogP contribution in [0.3, 0.4) is 0 Å². The lowest BCUT2D eigenvalue weighted by Crippen LogP contribution is -2.32. The molecule has 1 saturated heterocycles. The molecule has 26 heavy (non-hydrogen) atoms. The van der Waals surface area contributed by atoms with Gasteiger partial charge in [-0.05, 0) is 5.56 Å². The number of aliphatic hydroxyl groups excluding tert-OH is 2. The molecule has 3 aromatic rings. The Kier molecular flexibility index (Phi) is 4.77. The first kappa shape index (κ1) is 17.2. The van der Waals surface area contributed by atoms with Crippen molar-refractivity contribution in [1.29, 1.82) is 0 Å². The van der Waals surface area contributed by atoms with Gasteiger partial charge in [0.1, 0.15) is 24.1 Å². The van der Waals surface area contributed by atoms with Crippen LogP contribution in [0, 0.1) is 0 Å². The third kappa shape index (κ3) is 3.14. The molecule has 0 amide bonds. The molecule has 8 nitrogen and oxygen atoms in total. The van der Waals surface area contributed by atoms with Gasteiger partial charge in [-0.2, -0.15) is 11.8 Å². The maximum atomic E-state index is 10.4. The van der Waals surface area contributed by atoms with Crippen molar-refractivity contribution in [3.8, 4) is 0 Å². The van der Waals surface area contributed by atoms with Crippen molar-refractivity contribution in [2.45, 2.75) is 30.3 Å². The van der Waals surface area contributed by atoms with Gasteiger partial charge in [-0.1, -0.05) is 30.3 Å². The number of nitrogen functional groups attached to an aromatic ring is 1. The molecular formula is C17H19N5O3S. The van der Waals surface area contributed by atoms with Crippen LogP contribution < -0.4 is 5.73 Å². The molecule has 1 fully saturated rings. The highest BCUT2D eigenvalue weighted by atomic mass is 32.2. The van der Waals surface area contributed by atoms with Gasteiger partial charge in [0.05, 0.1) is 12.4 Å². The number of nitrogens with zero attached hydrogens (tertiary/aromatic N) is 4. The molecule has 4 rings (SSSR count). The van der Waals surface area contributed by atoms with E-state index in [1.807, 2.05) is 18.2 Å². The monoisotopic (exact) mass is 373 g/mol. The average Bonchev–Trinajstić information content (AvgIpc) is 3.20. The largest absolute Gasteiger partial charge is 0.387 e. The van der Waals surface area contributed by atoms with Gasteiger partial charge in [-0.3, -0.25) is 4.57 Å².